The van der Waals surface area contributed by atoms with E-state index in [-0.39, 0.29) is 11.7 Å². The van der Waals surface area contributed by atoms with E-state index in [0.717, 1.165) is 45.0 Å². The lowest BCUT2D eigenvalue weighted by Gasteiger charge is -2.26. The number of unbranched alkanes of at least 4 members (excludes halogenated alkanes) is 1. The molecule has 0 saturated carbocycles. The summed E-state index contributed by atoms with van der Waals surface area (Å²) in [6, 6.07) is 5.04. The van der Waals surface area contributed by atoms with Crippen molar-refractivity contribution in [2.24, 2.45) is 0 Å². The number of rotatable bonds is 10. The Bertz CT molecular complexity index is 746. The number of hydrogen-bond acceptors (Lipinski definition) is 6. The fourth-order valence-electron chi connectivity index (χ4n) is 2.98. The van der Waals surface area contributed by atoms with Crippen LogP contribution >= 0.6 is 0 Å². The van der Waals surface area contributed by atoms with Gasteiger partial charge in [0, 0.05) is 51.6 Å². The van der Waals surface area contributed by atoms with Crippen LogP contribution in [0.1, 0.15) is 30.1 Å². The summed E-state index contributed by atoms with van der Waals surface area (Å²) in [5, 5.41) is 2.94. The molecule has 1 heterocycles. The maximum Gasteiger partial charge on any atom is 0.253 e. The molecule has 0 aliphatic carbocycles. The van der Waals surface area contributed by atoms with Crippen molar-refractivity contribution in [2.45, 2.75) is 19.8 Å². The largest absolute Gasteiger partial charge is 0.379 e. The highest BCUT2D eigenvalue weighted by molar-refractivity contribution is 7.92. The predicted octanol–water partition coefficient (Wildman–Crippen LogP) is 1.36. The molecule has 0 atom stereocenters. The molecule has 1 aromatic rings. The van der Waals surface area contributed by atoms with Crippen molar-refractivity contribution in [3.05, 3.63) is 23.8 Å². The number of nitrogens with zero attached hydrogens (tertiary/aromatic N) is 2. The highest BCUT2D eigenvalue weighted by Crippen LogP contribution is 2.23. The van der Waals surface area contributed by atoms with Crippen molar-refractivity contribution >= 4 is 27.3 Å². The van der Waals surface area contributed by atoms with Gasteiger partial charge >= 0.3 is 0 Å². The number of morpholine rings is 1. The predicted molar refractivity (Wildman–Crippen MR) is 113 cm³/mol. The molecule has 1 fully saturated rings. The van der Waals surface area contributed by atoms with E-state index in [4.69, 9.17) is 4.74 Å². The van der Waals surface area contributed by atoms with Gasteiger partial charge in [-0.05, 0) is 24.6 Å². The van der Waals surface area contributed by atoms with Gasteiger partial charge in [0.2, 0.25) is 10.0 Å². The van der Waals surface area contributed by atoms with Gasteiger partial charge in [-0.3, -0.25) is 14.4 Å². The van der Waals surface area contributed by atoms with E-state index in [0.29, 0.717) is 24.2 Å². The molecule has 1 aliphatic heterocycles. The average molecular weight is 413 g/mol. The van der Waals surface area contributed by atoms with Gasteiger partial charge < -0.3 is 15.0 Å². The molecule has 1 saturated heterocycles. The zero-order chi connectivity index (χ0) is 20.6. The molecule has 0 radical (unpaired) electrons. The second kappa shape index (κ2) is 10.6. The van der Waals surface area contributed by atoms with Crippen LogP contribution in [0.4, 0.5) is 11.4 Å². The topological polar surface area (TPSA) is 91.0 Å². The Balaban J connectivity index is 2.05. The molecular formula is C19H32N4O4S. The fraction of sp³-hybridized carbons (Fsp3) is 0.632. The SMILES string of the molecule is CCCCS(=O)(=O)Nc1ccc(N(C)C)c(C(=O)NCCN2CCOCC2)c1. The first-order valence-corrected chi connectivity index (χ1v) is 11.4. The summed E-state index contributed by atoms with van der Waals surface area (Å²) in [4.78, 5) is 16.8. The number of sulfonamides is 1. The molecule has 9 heteroatoms. The van der Waals surface area contributed by atoms with Gasteiger partial charge in [0.15, 0.2) is 0 Å². The molecule has 1 aromatic carbocycles. The zero-order valence-corrected chi connectivity index (χ0v) is 17.8. The highest BCUT2D eigenvalue weighted by atomic mass is 32.2. The number of carbonyl (C=O) groups excluding carboxylic acids is 1. The van der Waals surface area contributed by atoms with E-state index >= 15 is 0 Å². The summed E-state index contributed by atoms with van der Waals surface area (Å²) >= 11 is 0. The molecule has 8 nitrogen and oxygen atoms in total. The molecule has 2 rings (SSSR count). The summed E-state index contributed by atoms with van der Waals surface area (Å²) in [6.07, 6.45) is 1.40. The fourth-order valence-corrected chi connectivity index (χ4v) is 4.24. The molecule has 0 bridgehead atoms. The standard InChI is InChI=1S/C19H32N4O4S/c1-4-5-14-28(25,26)21-16-6-7-18(22(2)3)17(15-16)19(24)20-8-9-23-10-12-27-13-11-23/h6-7,15,21H,4-5,8-14H2,1-3H3,(H,20,24). The number of anilines is 2. The first-order valence-electron chi connectivity index (χ1n) is 9.72. The smallest absolute Gasteiger partial charge is 0.253 e. The molecule has 0 unspecified atom stereocenters. The van der Waals surface area contributed by atoms with Crippen LogP contribution in [0.25, 0.3) is 0 Å². The lowest BCUT2D eigenvalue weighted by molar-refractivity contribution is 0.0383. The minimum Gasteiger partial charge on any atom is -0.379 e. The minimum atomic E-state index is -3.42. The molecule has 1 aliphatic rings. The number of ether oxygens (including phenoxy) is 1. The summed E-state index contributed by atoms with van der Waals surface area (Å²) < 4.78 is 32.2. The normalized spacial score (nSPS) is 15.2. The Morgan fingerprint density at radius 1 is 1.25 bits per heavy atom. The van der Waals surface area contributed by atoms with Crippen LogP contribution in [0, 0.1) is 0 Å². The maximum atomic E-state index is 12.7. The molecular weight excluding hydrogens is 380 g/mol. The molecule has 0 spiro atoms. The lowest BCUT2D eigenvalue weighted by Crippen LogP contribution is -2.41. The molecule has 0 aromatic heterocycles. The number of nitrogens with one attached hydrogen (secondary N) is 2. The zero-order valence-electron chi connectivity index (χ0n) is 17.0. The summed E-state index contributed by atoms with van der Waals surface area (Å²) in [6.45, 7) is 6.41. The van der Waals surface area contributed by atoms with E-state index in [1.807, 2.05) is 25.9 Å². The molecule has 28 heavy (non-hydrogen) atoms. The Labute approximate surface area is 168 Å². The van der Waals surface area contributed by atoms with Crippen molar-refractivity contribution < 1.29 is 17.9 Å². The third-order valence-electron chi connectivity index (χ3n) is 4.58. The number of hydrogen-bond donors (Lipinski definition) is 2. The van der Waals surface area contributed by atoms with Crippen molar-refractivity contribution in [1.82, 2.24) is 10.2 Å². The van der Waals surface area contributed by atoms with Gasteiger partial charge in [0.1, 0.15) is 0 Å². The number of amides is 1. The van der Waals surface area contributed by atoms with Crippen LogP contribution in [0.3, 0.4) is 0 Å². The Morgan fingerprint density at radius 3 is 2.61 bits per heavy atom. The van der Waals surface area contributed by atoms with E-state index < -0.39 is 10.0 Å². The number of carbonyl (C=O) groups is 1. The van der Waals surface area contributed by atoms with Gasteiger partial charge in [-0.15, -0.1) is 0 Å². The summed E-state index contributed by atoms with van der Waals surface area (Å²) in [7, 11) is 0.287. The van der Waals surface area contributed by atoms with Crippen LogP contribution in [0.2, 0.25) is 0 Å². The Morgan fingerprint density at radius 2 is 1.96 bits per heavy atom. The van der Waals surface area contributed by atoms with Gasteiger partial charge in [-0.1, -0.05) is 13.3 Å². The van der Waals surface area contributed by atoms with E-state index in [9.17, 15) is 13.2 Å². The van der Waals surface area contributed by atoms with Gasteiger partial charge in [0.05, 0.1) is 24.5 Å². The van der Waals surface area contributed by atoms with Crippen LogP contribution in [0.15, 0.2) is 18.2 Å². The second-order valence-corrected chi connectivity index (χ2v) is 8.95. The number of benzene rings is 1. The van der Waals surface area contributed by atoms with Crippen molar-refractivity contribution in [2.75, 3.05) is 68.9 Å². The van der Waals surface area contributed by atoms with Gasteiger partial charge in [-0.25, -0.2) is 8.42 Å². The van der Waals surface area contributed by atoms with E-state index in [1.54, 1.807) is 18.2 Å². The van der Waals surface area contributed by atoms with Crippen LogP contribution < -0.4 is 14.9 Å². The molecule has 158 valence electrons. The van der Waals surface area contributed by atoms with Gasteiger partial charge in [-0.2, -0.15) is 0 Å². The first-order chi connectivity index (χ1) is 13.3. The summed E-state index contributed by atoms with van der Waals surface area (Å²) in [5.41, 5.74) is 1.59. The monoisotopic (exact) mass is 412 g/mol. The molecule has 2 N–H and O–H groups in total. The minimum absolute atomic E-state index is 0.0695. The maximum absolute atomic E-state index is 12.7. The lowest BCUT2D eigenvalue weighted by atomic mass is 10.1. The first kappa shape index (κ1) is 22.4. The van der Waals surface area contributed by atoms with Gasteiger partial charge in [0.25, 0.3) is 5.91 Å². The molecule has 1 amide bonds. The summed E-state index contributed by atoms with van der Waals surface area (Å²) in [5.74, 6) is -0.147. The van der Waals surface area contributed by atoms with Crippen LogP contribution in [0.5, 0.6) is 0 Å². The quantitative estimate of drug-likeness (QED) is 0.603. The van der Waals surface area contributed by atoms with Crippen LogP contribution in [-0.4, -0.2) is 78.5 Å². The Hall–Kier alpha value is -1.84. The second-order valence-electron chi connectivity index (χ2n) is 7.11. The highest BCUT2D eigenvalue weighted by Gasteiger charge is 2.17. The van der Waals surface area contributed by atoms with E-state index in [1.165, 1.54) is 0 Å². The van der Waals surface area contributed by atoms with Crippen molar-refractivity contribution in [3.63, 3.8) is 0 Å². The third-order valence-corrected chi connectivity index (χ3v) is 5.95. The van der Waals surface area contributed by atoms with Crippen molar-refractivity contribution in [1.29, 1.82) is 0 Å². The van der Waals surface area contributed by atoms with Crippen molar-refractivity contribution in [3.8, 4) is 0 Å². The third kappa shape index (κ3) is 6.96. The Kier molecular flexibility index (Phi) is 8.53. The van der Waals surface area contributed by atoms with Crippen LogP contribution in [-0.2, 0) is 14.8 Å². The average Bonchev–Trinajstić information content (AvgIpc) is 2.66. The van der Waals surface area contributed by atoms with E-state index in [2.05, 4.69) is 14.9 Å².